The van der Waals surface area contributed by atoms with Crippen LogP contribution in [0, 0.1) is 11.3 Å². The van der Waals surface area contributed by atoms with Crippen LogP contribution in [0.15, 0.2) is 0 Å². The summed E-state index contributed by atoms with van der Waals surface area (Å²) in [5.74, 6) is -0.793. The van der Waals surface area contributed by atoms with E-state index in [2.05, 4.69) is 0 Å². The third-order valence-electron chi connectivity index (χ3n) is 2.28. The zero-order valence-electron chi connectivity index (χ0n) is 8.51. The highest BCUT2D eigenvalue weighted by Gasteiger charge is 2.27. The van der Waals surface area contributed by atoms with E-state index < -0.39 is 15.8 Å². The van der Waals surface area contributed by atoms with Crippen molar-refractivity contribution in [2.75, 3.05) is 32.4 Å². The minimum atomic E-state index is -3.59. The van der Waals surface area contributed by atoms with Crippen molar-refractivity contribution in [1.29, 1.82) is 5.26 Å². The van der Waals surface area contributed by atoms with Crippen LogP contribution in [0.2, 0.25) is 0 Å². The first-order chi connectivity index (χ1) is 6.97. The fourth-order valence-electron chi connectivity index (χ4n) is 1.37. The molecule has 1 amide bonds. The number of nitriles is 1. The van der Waals surface area contributed by atoms with Crippen molar-refractivity contribution in [3.8, 4) is 6.07 Å². The Balaban J connectivity index is 2.80. The Bertz CT molecular complexity index is 384. The van der Waals surface area contributed by atoms with Crippen LogP contribution in [0.25, 0.3) is 0 Å². The van der Waals surface area contributed by atoms with Gasteiger partial charge in [-0.05, 0) is 6.42 Å². The summed E-state index contributed by atoms with van der Waals surface area (Å²) >= 11 is 0. The lowest BCUT2D eigenvalue weighted by Gasteiger charge is -2.17. The molecule has 15 heavy (non-hydrogen) atoms. The Labute approximate surface area is 89.1 Å². The Kier molecular flexibility index (Phi) is 3.66. The molecular weight excluding hydrogens is 218 g/mol. The van der Waals surface area contributed by atoms with Crippen LogP contribution in [0.1, 0.15) is 6.42 Å². The number of hydrogen-bond acceptors (Lipinski definition) is 4. The normalized spacial score (nSPS) is 19.7. The average molecular weight is 231 g/mol. The van der Waals surface area contributed by atoms with E-state index in [0.717, 1.165) is 4.31 Å². The third-order valence-corrected chi connectivity index (χ3v) is 3.87. The molecule has 1 saturated heterocycles. The molecule has 7 heteroatoms. The topological polar surface area (TPSA) is 81.5 Å². The van der Waals surface area contributed by atoms with Crippen molar-refractivity contribution in [3.05, 3.63) is 0 Å². The van der Waals surface area contributed by atoms with E-state index in [1.807, 2.05) is 0 Å². The van der Waals surface area contributed by atoms with E-state index in [9.17, 15) is 13.2 Å². The average Bonchev–Trinajstić information content (AvgIpc) is 2.30. The molecule has 0 unspecified atom stereocenters. The number of nitrogens with zero attached hydrogens (tertiary/aromatic N) is 3. The van der Waals surface area contributed by atoms with Gasteiger partial charge >= 0.3 is 0 Å². The second kappa shape index (κ2) is 4.59. The molecule has 84 valence electrons. The molecule has 0 spiro atoms. The molecular formula is C8H13N3O3S. The van der Waals surface area contributed by atoms with Gasteiger partial charge in [-0.25, -0.2) is 8.42 Å². The lowest BCUT2D eigenvalue weighted by Crippen LogP contribution is -2.38. The highest BCUT2D eigenvalue weighted by atomic mass is 32.2. The van der Waals surface area contributed by atoms with E-state index in [0.29, 0.717) is 19.5 Å². The maximum atomic E-state index is 11.5. The Morgan fingerprint density at radius 3 is 2.73 bits per heavy atom. The SMILES string of the molecule is CN1CCCN(S(=O)(=O)CC#N)CC1=O. The Morgan fingerprint density at radius 2 is 2.13 bits per heavy atom. The molecule has 0 saturated carbocycles. The molecule has 0 atom stereocenters. The van der Waals surface area contributed by atoms with Gasteiger partial charge in [0.2, 0.25) is 15.9 Å². The van der Waals surface area contributed by atoms with E-state index in [1.165, 1.54) is 4.90 Å². The lowest BCUT2D eigenvalue weighted by atomic mass is 10.4. The second-order valence-corrected chi connectivity index (χ2v) is 5.39. The van der Waals surface area contributed by atoms with E-state index in [4.69, 9.17) is 5.26 Å². The smallest absolute Gasteiger partial charge is 0.237 e. The van der Waals surface area contributed by atoms with Crippen LogP contribution < -0.4 is 0 Å². The fourth-order valence-corrected chi connectivity index (χ4v) is 2.43. The maximum Gasteiger partial charge on any atom is 0.237 e. The zero-order chi connectivity index (χ0) is 11.5. The van der Waals surface area contributed by atoms with E-state index >= 15 is 0 Å². The summed E-state index contributed by atoms with van der Waals surface area (Å²) < 4.78 is 24.1. The van der Waals surface area contributed by atoms with Crippen LogP contribution in [-0.2, 0) is 14.8 Å². The summed E-state index contributed by atoms with van der Waals surface area (Å²) in [4.78, 5) is 12.9. The first-order valence-corrected chi connectivity index (χ1v) is 6.17. The molecule has 0 bridgehead atoms. The first-order valence-electron chi connectivity index (χ1n) is 4.56. The molecule has 1 fully saturated rings. The lowest BCUT2D eigenvalue weighted by molar-refractivity contribution is -0.129. The van der Waals surface area contributed by atoms with Crippen molar-refractivity contribution < 1.29 is 13.2 Å². The summed E-state index contributed by atoms with van der Waals surface area (Å²) in [5.41, 5.74) is 0. The van der Waals surface area contributed by atoms with E-state index in [-0.39, 0.29) is 12.5 Å². The fraction of sp³-hybridized carbons (Fsp3) is 0.750. The van der Waals surface area contributed by atoms with Gasteiger partial charge in [-0.2, -0.15) is 9.57 Å². The Morgan fingerprint density at radius 1 is 1.47 bits per heavy atom. The molecule has 0 N–H and O–H groups in total. The van der Waals surface area contributed by atoms with Gasteiger partial charge in [0.25, 0.3) is 0 Å². The number of amides is 1. The Hall–Kier alpha value is -1.13. The molecule has 6 nitrogen and oxygen atoms in total. The molecule has 1 rings (SSSR count). The van der Waals surface area contributed by atoms with Crippen LogP contribution in [-0.4, -0.2) is 56.0 Å². The third kappa shape index (κ3) is 2.91. The van der Waals surface area contributed by atoms with Gasteiger partial charge in [0.05, 0.1) is 12.6 Å². The van der Waals surface area contributed by atoms with Crippen LogP contribution in [0.3, 0.4) is 0 Å². The summed E-state index contributed by atoms with van der Waals surface area (Å²) in [7, 11) is -1.95. The summed E-state index contributed by atoms with van der Waals surface area (Å²) in [6.07, 6.45) is 0.604. The minimum Gasteiger partial charge on any atom is -0.345 e. The molecule has 0 aromatic carbocycles. The molecule has 0 aromatic heterocycles. The van der Waals surface area contributed by atoms with Gasteiger partial charge in [0, 0.05) is 20.1 Å². The number of carbonyl (C=O) groups is 1. The molecule has 1 aliphatic rings. The highest BCUT2D eigenvalue weighted by molar-refractivity contribution is 7.89. The summed E-state index contributed by atoms with van der Waals surface area (Å²) in [5, 5.41) is 8.37. The maximum absolute atomic E-state index is 11.5. The number of carbonyl (C=O) groups excluding carboxylic acids is 1. The standard InChI is InChI=1S/C8H13N3O3S/c1-10-4-2-5-11(7-8(10)12)15(13,14)6-3-9/h2,4-7H2,1H3. The van der Waals surface area contributed by atoms with Crippen molar-refractivity contribution in [2.24, 2.45) is 0 Å². The summed E-state index contributed by atoms with van der Waals surface area (Å²) in [6.45, 7) is 0.706. The van der Waals surface area contributed by atoms with Crippen LogP contribution >= 0.6 is 0 Å². The van der Waals surface area contributed by atoms with Gasteiger partial charge in [0.15, 0.2) is 5.75 Å². The zero-order valence-corrected chi connectivity index (χ0v) is 9.33. The predicted octanol–water partition coefficient (Wildman–Crippen LogP) is -0.996. The molecule has 1 heterocycles. The minimum absolute atomic E-state index is 0.152. The van der Waals surface area contributed by atoms with Gasteiger partial charge in [0.1, 0.15) is 0 Å². The van der Waals surface area contributed by atoms with Crippen molar-refractivity contribution in [3.63, 3.8) is 0 Å². The van der Waals surface area contributed by atoms with Crippen molar-refractivity contribution in [2.45, 2.75) is 6.42 Å². The van der Waals surface area contributed by atoms with Crippen molar-refractivity contribution >= 4 is 15.9 Å². The van der Waals surface area contributed by atoms with Crippen LogP contribution in [0.5, 0.6) is 0 Å². The van der Waals surface area contributed by atoms with E-state index in [1.54, 1.807) is 13.1 Å². The predicted molar refractivity (Wildman–Crippen MR) is 53.2 cm³/mol. The number of rotatable bonds is 2. The molecule has 0 aliphatic carbocycles. The van der Waals surface area contributed by atoms with Gasteiger partial charge in [-0.3, -0.25) is 4.79 Å². The van der Waals surface area contributed by atoms with Gasteiger partial charge in [-0.1, -0.05) is 0 Å². The first kappa shape index (κ1) is 11.9. The molecule has 0 aromatic rings. The highest BCUT2D eigenvalue weighted by Crippen LogP contribution is 2.08. The quantitative estimate of drug-likeness (QED) is 0.610. The van der Waals surface area contributed by atoms with Gasteiger partial charge in [-0.15, -0.1) is 0 Å². The number of hydrogen-bond donors (Lipinski definition) is 0. The number of likely N-dealkylation sites (N-methyl/N-ethyl adjacent to an activating group) is 1. The molecule has 0 radical (unpaired) electrons. The number of sulfonamides is 1. The van der Waals surface area contributed by atoms with Crippen LogP contribution in [0.4, 0.5) is 0 Å². The van der Waals surface area contributed by atoms with Gasteiger partial charge < -0.3 is 4.90 Å². The molecule has 1 aliphatic heterocycles. The summed E-state index contributed by atoms with van der Waals surface area (Å²) in [6, 6.07) is 1.60. The monoisotopic (exact) mass is 231 g/mol. The largest absolute Gasteiger partial charge is 0.345 e. The van der Waals surface area contributed by atoms with Crippen molar-refractivity contribution in [1.82, 2.24) is 9.21 Å². The second-order valence-electron chi connectivity index (χ2n) is 3.42.